The Bertz CT molecular complexity index is 258. The van der Waals surface area contributed by atoms with Crippen LogP contribution in [0.15, 0.2) is 0 Å². The summed E-state index contributed by atoms with van der Waals surface area (Å²) in [6.45, 7) is 2.99. The second kappa shape index (κ2) is 6.97. The Morgan fingerprint density at radius 2 is 1.75 bits per heavy atom. The lowest BCUT2D eigenvalue weighted by atomic mass is 10.2. The number of esters is 2. The van der Waals surface area contributed by atoms with Crippen molar-refractivity contribution in [1.29, 1.82) is 0 Å². The molecule has 0 N–H and O–H groups in total. The van der Waals surface area contributed by atoms with Crippen LogP contribution >= 0.6 is 22.6 Å². The van der Waals surface area contributed by atoms with Crippen molar-refractivity contribution in [2.24, 2.45) is 0 Å². The number of halogens is 3. The Morgan fingerprint density at radius 3 is 2.19 bits per heavy atom. The van der Waals surface area contributed by atoms with Gasteiger partial charge in [0.25, 0.3) is 0 Å². The van der Waals surface area contributed by atoms with Crippen molar-refractivity contribution in [3.8, 4) is 0 Å². The summed E-state index contributed by atoms with van der Waals surface area (Å²) in [5.74, 6) is -6.03. The smallest absolute Gasteiger partial charge is 0.377 e. The van der Waals surface area contributed by atoms with Gasteiger partial charge in [-0.3, -0.25) is 4.79 Å². The summed E-state index contributed by atoms with van der Waals surface area (Å²) in [5.41, 5.74) is 0. The highest BCUT2D eigenvalue weighted by Crippen LogP contribution is 2.26. The molecule has 0 radical (unpaired) electrons. The maximum Gasteiger partial charge on any atom is 0.377 e. The van der Waals surface area contributed by atoms with Gasteiger partial charge in [-0.05, 0) is 13.8 Å². The SMILES string of the molecule is CCOC(=O)C(I)CC(F)(F)C(=O)OCC. The van der Waals surface area contributed by atoms with Crippen LogP contribution in [0, 0.1) is 0 Å². The molecule has 0 aromatic carbocycles. The summed E-state index contributed by atoms with van der Waals surface area (Å²) < 4.78 is 34.0. The zero-order valence-corrected chi connectivity index (χ0v) is 11.1. The Morgan fingerprint density at radius 1 is 1.25 bits per heavy atom. The maximum absolute atomic E-state index is 13.2. The van der Waals surface area contributed by atoms with E-state index in [2.05, 4.69) is 9.47 Å². The van der Waals surface area contributed by atoms with E-state index in [1.54, 1.807) is 6.92 Å². The second-order valence-corrected chi connectivity index (χ2v) is 4.35. The fourth-order valence-corrected chi connectivity index (χ4v) is 1.59. The first-order chi connectivity index (χ1) is 7.35. The molecule has 0 bridgehead atoms. The largest absolute Gasteiger partial charge is 0.465 e. The quantitative estimate of drug-likeness (QED) is 0.417. The van der Waals surface area contributed by atoms with Gasteiger partial charge in [0.2, 0.25) is 0 Å². The fraction of sp³-hybridized carbons (Fsp3) is 0.778. The van der Waals surface area contributed by atoms with Crippen LogP contribution in [-0.4, -0.2) is 35.0 Å². The molecule has 16 heavy (non-hydrogen) atoms. The van der Waals surface area contributed by atoms with Crippen molar-refractivity contribution < 1.29 is 27.8 Å². The molecule has 0 aliphatic heterocycles. The van der Waals surface area contributed by atoms with Crippen molar-refractivity contribution in [2.75, 3.05) is 13.2 Å². The maximum atomic E-state index is 13.2. The van der Waals surface area contributed by atoms with Gasteiger partial charge in [0.15, 0.2) is 0 Å². The van der Waals surface area contributed by atoms with Gasteiger partial charge in [-0.2, -0.15) is 8.78 Å². The van der Waals surface area contributed by atoms with E-state index in [1.807, 2.05) is 0 Å². The zero-order chi connectivity index (χ0) is 12.8. The molecule has 94 valence electrons. The molecule has 0 fully saturated rings. The highest BCUT2D eigenvalue weighted by Gasteiger charge is 2.44. The van der Waals surface area contributed by atoms with Crippen LogP contribution in [0.5, 0.6) is 0 Å². The molecule has 0 rings (SSSR count). The molecule has 4 nitrogen and oxygen atoms in total. The third kappa shape index (κ3) is 5.04. The van der Waals surface area contributed by atoms with Crippen LogP contribution in [0.1, 0.15) is 20.3 Å². The Kier molecular flexibility index (Phi) is 6.77. The fourth-order valence-electron chi connectivity index (χ4n) is 0.861. The van der Waals surface area contributed by atoms with Gasteiger partial charge in [0.05, 0.1) is 13.2 Å². The van der Waals surface area contributed by atoms with E-state index in [1.165, 1.54) is 29.5 Å². The molecule has 0 aliphatic rings. The predicted octanol–water partition coefficient (Wildman–Crippen LogP) is 1.94. The molecule has 7 heteroatoms. The van der Waals surface area contributed by atoms with Crippen molar-refractivity contribution >= 4 is 34.5 Å². The number of hydrogen-bond donors (Lipinski definition) is 0. The summed E-state index contributed by atoms with van der Waals surface area (Å²) in [6.07, 6.45) is -0.911. The van der Waals surface area contributed by atoms with Gasteiger partial charge in [-0.1, -0.05) is 22.6 Å². The van der Waals surface area contributed by atoms with Crippen LogP contribution in [0.3, 0.4) is 0 Å². The van der Waals surface area contributed by atoms with Crippen molar-refractivity contribution in [1.82, 2.24) is 0 Å². The molecule has 1 atom stereocenters. The van der Waals surface area contributed by atoms with Crippen molar-refractivity contribution in [3.05, 3.63) is 0 Å². The van der Waals surface area contributed by atoms with Gasteiger partial charge < -0.3 is 9.47 Å². The molecule has 0 aromatic rings. The number of hydrogen-bond acceptors (Lipinski definition) is 4. The number of rotatable bonds is 6. The van der Waals surface area contributed by atoms with Gasteiger partial charge >= 0.3 is 17.9 Å². The van der Waals surface area contributed by atoms with Gasteiger partial charge in [0.1, 0.15) is 3.92 Å². The first-order valence-corrected chi connectivity index (χ1v) is 5.95. The normalized spacial score (nSPS) is 13.1. The highest BCUT2D eigenvalue weighted by atomic mass is 127. The molecule has 0 saturated heterocycles. The van der Waals surface area contributed by atoms with E-state index in [0.717, 1.165) is 0 Å². The lowest BCUT2D eigenvalue weighted by Gasteiger charge is -2.17. The van der Waals surface area contributed by atoms with E-state index >= 15 is 0 Å². The Balaban J connectivity index is 4.34. The first-order valence-electron chi connectivity index (χ1n) is 4.70. The lowest BCUT2D eigenvalue weighted by molar-refractivity contribution is -0.172. The standard InChI is InChI=1S/C9H13F2IO4/c1-3-15-7(13)6(12)5-9(10,11)8(14)16-4-2/h6H,3-5H2,1-2H3. The van der Waals surface area contributed by atoms with Crippen molar-refractivity contribution in [2.45, 2.75) is 30.1 Å². The van der Waals surface area contributed by atoms with Crippen LogP contribution in [-0.2, 0) is 19.1 Å². The minimum Gasteiger partial charge on any atom is -0.465 e. The molecule has 0 heterocycles. The first kappa shape index (κ1) is 15.5. The van der Waals surface area contributed by atoms with Gasteiger partial charge in [-0.25, -0.2) is 4.79 Å². The minimum atomic E-state index is -3.66. The summed E-state index contributed by atoms with van der Waals surface area (Å²) in [5, 5.41) is 0. The third-order valence-corrected chi connectivity index (χ3v) is 2.50. The molecule has 0 aromatic heterocycles. The average Bonchev–Trinajstić information content (AvgIpc) is 2.17. The Hall–Kier alpha value is -0.470. The molecule has 0 aliphatic carbocycles. The molecule has 0 amide bonds. The van der Waals surface area contributed by atoms with Crippen LogP contribution in [0.4, 0.5) is 8.78 Å². The lowest BCUT2D eigenvalue weighted by Crippen LogP contribution is -2.36. The summed E-state index contributed by atoms with van der Waals surface area (Å²) in [4.78, 5) is 21.9. The monoisotopic (exact) mass is 350 g/mol. The summed E-state index contributed by atoms with van der Waals surface area (Å²) in [6, 6.07) is 0. The van der Waals surface area contributed by atoms with E-state index in [-0.39, 0.29) is 13.2 Å². The molecule has 0 spiro atoms. The average molecular weight is 350 g/mol. The second-order valence-electron chi connectivity index (χ2n) is 2.85. The molecular weight excluding hydrogens is 337 g/mol. The third-order valence-electron chi connectivity index (χ3n) is 1.55. The van der Waals surface area contributed by atoms with Crippen LogP contribution < -0.4 is 0 Å². The van der Waals surface area contributed by atoms with Gasteiger partial charge in [0, 0.05) is 6.42 Å². The van der Waals surface area contributed by atoms with E-state index in [9.17, 15) is 18.4 Å². The topological polar surface area (TPSA) is 52.6 Å². The molecule has 1 unspecified atom stereocenters. The summed E-state index contributed by atoms with van der Waals surface area (Å²) >= 11 is 1.52. The van der Waals surface area contributed by atoms with Crippen LogP contribution in [0.2, 0.25) is 0 Å². The zero-order valence-electron chi connectivity index (χ0n) is 8.97. The van der Waals surface area contributed by atoms with Crippen LogP contribution in [0.25, 0.3) is 0 Å². The molecule has 0 saturated carbocycles. The predicted molar refractivity (Wildman–Crippen MR) is 60.6 cm³/mol. The summed E-state index contributed by atoms with van der Waals surface area (Å²) in [7, 11) is 0. The number of carbonyl (C=O) groups excluding carboxylic acids is 2. The Labute approximate surface area is 106 Å². The van der Waals surface area contributed by atoms with Crippen molar-refractivity contribution in [3.63, 3.8) is 0 Å². The van der Waals surface area contributed by atoms with E-state index < -0.39 is 28.2 Å². The number of alkyl halides is 3. The highest BCUT2D eigenvalue weighted by molar-refractivity contribution is 14.1. The molecular formula is C9H13F2IO4. The van der Waals surface area contributed by atoms with Gasteiger partial charge in [-0.15, -0.1) is 0 Å². The van der Waals surface area contributed by atoms with E-state index in [0.29, 0.717) is 0 Å². The minimum absolute atomic E-state index is 0.114. The number of carbonyl (C=O) groups is 2. The van der Waals surface area contributed by atoms with E-state index in [4.69, 9.17) is 0 Å². The number of ether oxygens (including phenoxy) is 2.